The molecule has 1 amide bonds. The van der Waals surface area contributed by atoms with E-state index in [0.717, 1.165) is 50.4 Å². The molecule has 1 atom stereocenters. The highest BCUT2D eigenvalue weighted by molar-refractivity contribution is 5.78. The second-order valence-corrected chi connectivity index (χ2v) is 7.49. The molecule has 3 aliphatic heterocycles. The van der Waals surface area contributed by atoms with Crippen molar-refractivity contribution < 1.29 is 19.2 Å². The summed E-state index contributed by atoms with van der Waals surface area (Å²) in [6.07, 6.45) is 6.88. The molecule has 0 radical (unpaired) electrons. The van der Waals surface area contributed by atoms with Gasteiger partial charge in [0.1, 0.15) is 0 Å². The Hall–Kier alpha value is -1.75. The monoisotopic (exact) mass is 345 g/mol. The van der Waals surface area contributed by atoms with E-state index in [1.54, 1.807) is 0 Å². The van der Waals surface area contributed by atoms with Gasteiger partial charge in [-0.25, -0.2) is 0 Å². The number of hydrogen-bond donors (Lipinski definition) is 1. The van der Waals surface area contributed by atoms with Crippen molar-refractivity contribution in [3.8, 4) is 11.5 Å². The molecule has 0 bridgehead atoms. The smallest absolute Gasteiger partial charge is 0.278 e. The van der Waals surface area contributed by atoms with Crippen LogP contribution in [0.2, 0.25) is 0 Å². The molecule has 0 aliphatic carbocycles. The van der Waals surface area contributed by atoms with Gasteiger partial charge in [0.2, 0.25) is 0 Å². The Morgan fingerprint density at radius 3 is 2.68 bits per heavy atom. The molecule has 0 aromatic heterocycles. The lowest BCUT2D eigenvalue weighted by Gasteiger charge is -2.29. The molecule has 5 heteroatoms. The molecule has 3 heterocycles. The molecule has 2 fully saturated rings. The zero-order valence-corrected chi connectivity index (χ0v) is 15.0. The summed E-state index contributed by atoms with van der Waals surface area (Å²) in [4.78, 5) is 16.4. The minimum Gasteiger partial charge on any atom is -0.490 e. The maximum absolute atomic E-state index is 12.9. The highest BCUT2D eigenvalue weighted by atomic mass is 16.5. The molecular weight excluding hydrogens is 316 g/mol. The Labute approximate surface area is 149 Å². The van der Waals surface area contributed by atoms with Crippen LogP contribution in [0.4, 0.5) is 0 Å². The van der Waals surface area contributed by atoms with Crippen molar-refractivity contribution in [1.82, 2.24) is 4.90 Å². The number of ether oxygens (including phenoxy) is 2. The summed E-state index contributed by atoms with van der Waals surface area (Å²) in [6, 6.07) is 6.39. The van der Waals surface area contributed by atoms with E-state index in [1.807, 2.05) is 6.07 Å². The summed E-state index contributed by atoms with van der Waals surface area (Å²) < 4.78 is 11.6. The van der Waals surface area contributed by atoms with Crippen LogP contribution in [0.5, 0.6) is 11.5 Å². The van der Waals surface area contributed by atoms with E-state index in [9.17, 15) is 4.79 Å². The zero-order chi connectivity index (χ0) is 17.1. The SMILES string of the molecule is O=C(C[NH+]1CCCCC1)N1CCC[C@H]1c1ccc2c(c1)OCCCO2. The topological polar surface area (TPSA) is 43.2 Å². The summed E-state index contributed by atoms with van der Waals surface area (Å²) in [5.41, 5.74) is 1.18. The van der Waals surface area contributed by atoms with Gasteiger partial charge >= 0.3 is 0 Å². The number of benzene rings is 1. The Balaban J connectivity index is 1.47. The fraction of sp³-hybridized carbons (Fsp3) is 0.650. The molecule has 0 unspecified atom stereocenters. The van der Waals surface area contributed by atoms with Crippen LogP contribution >= 0.6 is 0 Å². The van der Waals surface area contributed by atoms with E-state index in [1.165, 1.54) is 29.7 Å². The third-order valence-corrected chi connectivity index (χ3v) is 5.69. The number of nitrogens with one attached hydrogen (secondary N) is 1. The number of piperidine rings is 1. The molecule has 4 rings (SSSR count). The van der Waals surface area contributed by atoms with E-state index in [-0.39, 0.29) is 6.04 Å². The second kappa shape index (κ2) is 7.65. The van der Waals surface area contributed by atoms with E-state index in [2.05, 4.69) is 17.0 Å². The zero-order valence-electron chi connectivity index (χ0n) is 15.0. The molecule has 0 spiro atoms. The minimum absolute atomic E-state index is 0.189. The number of nitrogens with zero attached hydrogens (tertiary/aromatic N) is 1. The van der Waals surface area contributed by atoms with Crippen molar-refractivity contribution in [3.63, 3.8) is 0 Å². The van der Waals surface area contributed by atoms with Crippen LogP contribution in [-0.4, -0.2) is 50.2 Å². The van der Waals surface area contributed by atoms with E-state index in [0.29, 0.717) is 25.7 Å². The maximum atomic E-state index is 12.9. The van der Waals surface area contributed by atoms with Crippen LogP contribution in [0.3, 0.4) is 0 Å². The summed E-state index contributed by atoms with van der Waals surface area (Å²) >= 11 is 0. The number of carbonyl (C=O) groups is 1. The largest absolute Gasteiger partial charge is 0.490 e. The van der Waals surface area contributed by atoms with Gasteiger partial charge in [-0.05, 0) is 49.8 Å². The Bertz CT molecular complexity index is 613. The molecule has 5 nitrogen and oxygen atoms in total. The minimum atomic E-state index is 0.189. The first-order chi connectivity index (χ1) is 12.3. The van der Waals surface area contributed by atoms with Gasteiger partial charge in [-0.2, -0.15) is 0 Å². The standard InChI is InChI=1S/C20H28N2O3/c23-20(15-21-9-2-1-3-10-21)22-11-4-6-17(22)16-7-8-18-19(14-16)25-13-5-12-24-18/h7-8,14,17H,1-6,9-13,15H2/p+1/t17-/m0/s1. The third-order valence-electron chi connectivity index (χ3n) is 5.69. The highest BCUT2D eigenvalue weighted by Crippen LogP contribution is 2.37. The van der Waals surface area contributed by atoms with Crippen molar-refractivity contribution in [3.05, 3.63) is 23.8 Å². The van der Waals surface area contributed by atoms with E-state index < -0.39 is 0 Å². The van der Waals surface area contributed by atoms with Crippen LogP contribution in [0.25, 0.3) is 0 Å². The Morgan fingerprint density at radius 1 is 1.04 bits per heavy atom. The number of likely N-dealkylation sites (tertiary alicyclic amines) is 2. The van der Waals surface area contributed by atoms with Crippen molar-refractivity contribution in [2.45, 2.75) is 44.6 Å². The molecule has 2 saturated heterocycles. The van der Waals surface area contributed by atoms with Gasteiger partial charge in [-0.1, -0.05) is 6.07 Å². The van der Waals surface area contributed by atoms with Crippen LogP contribution in [0.15, 0.2) is 18.2 Å². The molecule has 1 N–H and O–H groups in total. The average Bonchev–Trinajstić information content (AvgIpc) is 3.01. The molecule has 1 aromatic rings. The van der Waals surface area contributed by atoms with E-state index in [4.69, 9.17) is 9.47 Å². The van der Waals surface area contributed by atoms with Gasteiger partial charge in [0.25, 0.3) is 5.91 Å². The van der Waals surface area contributed by atoms with Gasteiger partial charge in [-0.3, -0.25) is 4.79 Å². The normalized spacial score (nSPS) is 24.2. The summed E-state index contributed by atoms with van der Waals surface area (Å²) in [5, 5.41) is 0. The molecule has 3 aliphatic rings. The number of amides is 1. The van der Waals surface area contributed by atoms with Crippen LogP contribution in [-0.2, 0) is 4.79 Å². The number of hydrogen-bond acceptors (Lipinski definition) is 3. The predicted octanol–water partition coefficient (Wildman–Crippen LogP) is 1.58. The average molecular weight is 345 g/mol. The second-order valence-electron chi connectivity index (χ2n) is 7.49. The first kappa shape index (κ1) is 16.7. The van der Waals surface area contributed by atoms with Crippen LogP contribution in [0, 0.1) is 0 Å². The fourth-order valence-corrected chi connectivity index (χ4v) is 4.34. The first-order valence-electron chi connectivity index (χ1n) is 9.84. The summed E-state index contributed by atoms with van der Waals surface area (Å²) in [6.45, 7) is 5.23. The van der Waals surface area contributed by atoms with Gasteiger partial charge < -0.3 is 19.3 Å². The summed E-state index contributed by atoms with van der Waals surface area (Å²) in [5.74, 6) is 1.97. The van der Waals surface area contributed by atoms with Crippen LogP contribution < -0.4 is 14.4 Å². The van der Waals surface area contributed by atoms with Crippen molar-refractivity contribution in [1.29, 1.82) is 0 Å². The van der Waals surface area contributed by atoms with Gasteiger partial charge in [-0.15, -0.1) is 0 Å². The highest BCUT2D eigenvalue weighted by Gasteiger charge is 2.32. The summed E-state index contributed by atoms with van der Waals surface area (Å²) in [7, 11) is 0. The van der Waals surface area contributed by atoms with Gasteiger partial charge in [0.05, 0.1) is 32.3 Å². The molecule has 1 aromatic carbocycles. The third kappa shape index (κ3) is 3.76. The lowest BCUT2D eigenvalue weighted by Crippen LogP contribution is -3.13. The Kier molecular flexibility index (Phi) is 5.11. The Morgan fingerprint density at radius 2 is 1.84 bits per heavy atom. The quantitative estimate of drug-likeness (QED) is 0.905. The van der Waals surface area contributed by atoms with Crippen molar-refractivity contribution in [2.24, 2.45) is 0 Å². The lowest BCUT2D eigenvalue weighted by atomic mass is 10.0. The van der Waals surface area contributed by atoms with Crippen LogP contribution in [0.1, 0.15) is 50.1 Å². The molecule has 0 saturated carbocycles. The maximum Gasteiger partial charge on any atom is 0.278 e. The van der Waals surface area contributed by atoms with Gasteiger partial charge in [0.15, 0.2) is 18.0 Å². The number of rotatable bonds is 3. The molecule has 25 heavy (non-hydrogen) atoms. The lowest BCUT2D eigenvalue weighted by molar-refractivity contribution is -0.897. The van der Waals surface area contributed by atoms with Crippen molar-refractivity contribution in [2.75, 3.05) is 39.4 Å². The van der Waals surface area contributed by atoms with Gasteiger partial charge in [0, 0.05) is 13.0 Å². The number of fused-ring (bicyclic) bond motifs is 1. The van der Waals surface area contributed by atoms with E-state index >= 15 is 0 Å². The predicted molar refractivity (Wildman–Crippen MR) is 95.2 cm³/mol. The number of carbonyl (C=O) groups excluding carboxylic acids is 1. The molecule has 136 valence electrons. The first-order valence-corrected chi connectivity index (χ1v) is 9.84. The fourth-order valence-electron chi connectivity index (χ4n) is 4.34. The van der Waals surface area contributed by atoms with Crippen molar-refractivity contribution >= 4 is 5.91 Å². The number of quaternary nitrogens is 1. The molecular formula is C20H29N2O3+.